The van der Waals surface area contributed by atoms with Crippen molar-refractivity contribution in [3.05, 3.63) is 29.8 Å². The van der Waals surface area contributed by atoms with Crippen molar-refractivity contribution in [2.75, 3.05) is 0 Å². The molecule has 0 amide bonds. The Morgan fingerprint density at radius 2 is 2.11 bits per heavy atom. The van der Waals surface area contributed by atoms with E-state index in [0.29, 0.717) is 23.3 Å². The third-order valence-electron chi connectivity index (χ3n) is 3.10. The quantitative estimate of drug-likeness (QED) is 0.896. The minimum Gasteiger partial charge on any atom is -0.337 e. The molecule has 2 aromatic heterocycles. The molecule has 96 valence electrons. The maximum Gasteiger partial charge on any atom is 0.244 e. The average molecular weight is 246 g/mol. The van der Waals surface area contributed by atoms with Crippen molar-refractivity contribution >= 4 is 0 Å². The van der Waals surface area contributed by atoms with Crippen molar-refractivity contribution in [2.24, 2.45) is 11.7 Å². The Balaban J connectivity index is 2.25. The smallest absolute Gasteiger partial charge is 0.244 e. The van der Waals surface area contributed by atoms with Gasteiger partial charge in [-0.1, -0.05) is 31.5 Å². The summed E-state index contributed by atoms with van der Waals surface area (Å²) >= 11 is 0. The molecule has 0 aliphatic heterocycles. The molecule has 0 aromatic carbocycles. The van der Waals surface area contributed by atoms with Crippen molar-refractivity contribution in [1.29, 1.82) is 0 Å². The highest BCUT2D eigenvalue weighted by molar-refractivity contribution is 5.48. The molecule has 0 saturated heterocycles. The van der Waals surface area contributed by atoms with Gasteiger partial charge in [0.15, 0.2) is 0 Å². The van der Waals surface area contributed by atoms with E-state index in [2.05, 4.69) is 29.0 Å². The lowest BCUT2D eigenvalue weighted by molar-refractivity contribution is 0.312. The van der Waals surface area contributed by atoms with Gasteiger partial charge in [-0.25, -0.2) is 4.98 Å². The van der Waals surface area contributed by atoms with E-state index in [0.717, 1.165) is 12.1 Å². The summed E-state index contributed by atoms with van der Waals surface area (Å²) in [5, 5.41) is 3.94. The monoisotopic (exact) mass is 246 g/mol. The zero-order valence-electron chi connectivity index (χ0n) is 10.9. The van der Waals surface area contributed by atoms with Crippen molar-refractivity contribution in [2.45, 2.75) is 33.2 Å². The van der Waals surface area contributed by atoms with Crippen LogP contribution in [0.4, 0.5) is 0 Å². The van der Waals surface area contributed by atoms with Gasteiger partial charge < -0.3 is 10.3 Å². The van der Waals surface area contributed by atoms with E-state index >= 15 is 0 Å². The van der Waals surface area contributed by atoms with E-state index in [4.69, 9.17) is 10.3 Å². The predicted octanol–water partition coefficient (Wildman–Crippen LogP) is 2.49. The normalized spacial score (nSPS) is 14.4. The summed E-state index contributed by atoms with van der Waals surface area (Å²) in [5.74, 6) is 1.28. The summed E-state index contributed by atoms with van der Waals surface area (Å²) in [5.41, 5.74) is 7.68. The van der Waals surface area contributed by atoms with Crippen molar-refractivity contribution in [1.82, 2.24) is 15.1 Å². The molecular weight excluding hydrogens is 228 g/mol. The Hall–Kier alpha value is -1.75. The molecule has 5 heteroatoms. The molecule has 2 atom stereocenters. The summed E-state index contributed by atoms with van der Waals surface area (Å²) in [6.07, 6.45) is 0.974. The third kappa shape index (κ3) is 2.56. The first-order valence-electron chi connectivity index (χ1n) is 6.15. The van der Waals surface area contributed by atoms with E-state index in [-0.39, 0.29) is 6.04 Å². The summed E-state index contributed by atoms with van der Waals surface area (Å²) in [4.78, 5) is 8.68. The fourth-order valence-corrected chi connectivity index (χ4v) is 1.64. The number of hydrogen-bond acceptors (Lipinski definition) is 5. The van der Waals surface area contributed by atoms with Crippen molar-refractivity contribution < 1.29 is 4.52 Å². The van der Waals surface area contributed by atoms with Gasteiger partial charge in [-0.2, -0.15) is 4.98 Å². The zero-order valence-corrected chi connectivity index (χ0v) is 10.9. The van der Waals surface area contributed by atoms with Crippen LogP contribution in [0.3, 0.4) is 0 Å². The Morgan fingerprint density at radius 1 is 1.33 bits per heavy atom. The summed E-state index contributed by atoms with van der Waals surface area (Å²) in [6.45, 7) is 6.08. The number of nitrogens with two attached hydrogens (primary N) is 1. The summed E-state index contributed by atoms with van der Waals surface area (Å²) in [7, 11) is 0. The first-order valence-corrected chi connectivity index (χ1v) is 6.15. The second-order valence-corrected chi connectivity index (χ2v) is 4.53. The largest absolute Gasteiger partial charge is 0.337 e. The molecule has 1 unspecified atom stereocenters. The lowest BCUT2D eigenvalue weighted by atomic mass is 10.0. The number of aromatic nitrogens is 3. The molecule has 0 bridgehead atoms. The molecular formula is C13H18N4O. The van der Waals surface area contributed by atoms with Crippen LogP contribution < -0.4 is 5.73 Å². The SMILES string of the molecule is CCC(C)[C@H](N)c1nc(-c2cccc(C)n2)no1. The predicted molar refractivity (Wildman–Crippen MR) is 68.6 cm³/mol. The number of hydrogen-bond donors (Lipinski definition) is 1. The number of aryl methyl sites for hydroxylation is 1. The van der Waals surface area contributed by atoms with E-state index in [1.54, 1.807) is 0 Å². The minimum absolute atomic E-state index is 0.221. The van der Waals surface area contributed by atoms with Gasteiger partial charge >= 0.3 is 0 Å². The maximum atomic E-state index is 6.05. The highest BCUT2D eigenvalue weighted by Gasteiger charge is 2.20. The van der Waals surface area contributed by atoms with Gasteiger partial charge in [-0.05, 0) is 25.0 Å². The van der Waals surface area contributed by atoms with Crippen molar-refractivity contribution in [3.8, 4) is 11.5 Å². The third-order valence-corrected chi connectivity index (χ3v) is 3.10. The molecule has 0 radical (unpaired) electrons. The van der Waals surface area contributed by atoms with Crippen LogP contribution in [0.25, 0.3) is 11.5 Å². The topological polar surface area (TPSA) is 77.8 Å². The molecule has 0 saturated carbocycles. The molecule has 18 heavy (non-hydrogen) atoms. The molecule has 0 aliphatic rings. The number of nitrogens with zero attached hydrogens (tertiary/aromatic N) is 3. The van der Waals surface area contributed by atoms with E-state index in [1.807, 2.05) is 25.1 Å². The van der Waals surface area contributed by atoms with Gasteiger partial charge in [0.1, 0.15) is 5.69 Å². The second-order valence-electron chi connectivity index (χ2n) is 4.53. The lowest BCUT2D eigenvalue weighted by Gasteiger charge is -2.12. The minimum atomic E-state index is -0.221. The first kappa shape index (κ1) is 12.7. The fraction of sp³-hybridized carbons (Fsp3) is 0.462. The van der Waals surface area contributed by atoms with Crippen molar-refractivity contribution in [3.63, 3.8) is 0 Å². The Labute approximate surface area is 106 Å². The van der Waals surface area contributed by atoms with Gasteiger partial charge in [0.05, 0.1) is 6.04 Å². The van der Waals surface area contributed by atoms with Gasteiger partial charge in [-0.15, -0.1) is 0 Å². The molecule has 0 spiro atoms. The van der Waals surface area contributed by atoms with E-state index in [1.165, 1.54) is 0 Å². The average Bonchev–Trinajstić information content (AvgIpc) is 2.86. The molecule has 2 heterocycles. The highest BCUT2D eigenvalue weighted by Crippen LogP contribution is 2.22. The van der Waals surface area contributed by atoms with Gasteiger partial charge in [0.2, 0.25) is 11.7 Å². The van der Waals surface area contributed by atoms with Gasteiger partial charge in [-0.3, -0.25) is 0 Å². The molecule has 5 nitrogen and oxygen atoms in total. The Kier molecular flexibility index (Phi) is 3.72. The fourth-order valence-electron chi connectivity index (χ4n) is 1.64. The lowest BCUT2D eigenvalue weighted by Crippen LogP contribution is -2.18. The molecule has 0 aliphatic carbocycles. The highest BCUT2D eigenvalue weighted by atomic mass is 16.5. The standard InChI is InChI=1S/C13H18N4O/c1-4-8(2)11(14)13-16-12(17-18-13)10-7-5-6-9(3)15-10/h5-8,11H,4,14H2,1-3H3/t8?,11-/m0/s1. The molecule has 2 rings (SSSR count). The van der Waals surface area contributed by atoms with Crippen LogP contribution in [-0.2, 0) is 0 Å². The number of rotatable bonds is 4. The Bertz CT molecular complexity index is 523. The molecule has 2 aromatic rings. The van der Waals surface area contributed by atoms with Gasteiger partial charge in [0, 0.05) is 5.69 Å². The van der Waals surface area contributed by atoms with Crippen LogP contribution in [0.2, 0.25) is 0 Å². The van der Waals surface area contributed by atoms with E-state index in [9.17, 15) is 0 Å². The van der Waals surface area contributed by atoms with Crippen LogP contribution >= 0.6 is 0 Å². The van der Waals surface area contributed by atoms with Crippen LogP contribution in [0, 0.1) is 12.8 Å². The van der Waals surface area contributed by atoms with Crippen LogP contribution in [-0.4, -0.2) is 15.1 Å². The van der Waals surface area contributed by atoms with Crippen LogP contribution in [0.5, 0.6) is 0 Å². The van der Waals surface area contributed by atoms with Crippen LogP contribution in [0.1, 0.15) is 37.9 Å². The molecule has 0 fully saturated rings. The Morgan fingerprint density at radius 3 is 2.78 bits per heavy atom. The van der Waals surface area contributed by atoms with Crippen LogP contribution in [0.15, 0.2) is 22.7 Å². The first-order chi connectivity index (χ1) is 8.61. The summed E-state index contributed by atoms with van der Waals surface area (Å²) < 4.78 is 5.22. The number of pyridine rings is 1. The molecule has 2 N–H and O–H groups in total. The summed E-state index contributed by atoms with van der Waals surface area (Å²) in [6, 6.07) is 5.48. The maximum absolute atomic E-state index is 6.05. The zero-order chi connectivity index (χ0) is 13.1. The van der Waals surface area contributed by atoms with E-state index < -0.39 is 0 Å². The second kappa shape index (κ2) is 5.27. The van der Waals surface area contributed by atoms with Gasteiger partial charge in [0.25, 0.3) is 0 Å².